The Morgan fingerprint density at radius 1 is 1.17 bits per heavy atom. The summed E-state index contributed by atoms with van der Waals surface area (Å²) < 4.78 is 12.6. The molecule has 1 aromatic carbocycles. The summed E-state index contributed by atoms with van der Waals surface area (Å²) in [6, 6.07) is 13.3. The minimum Gasteiger partial charge on any atom is -0.494 e. The Labute approximate surface area is 167 Å². The van der Waals surface area contributed by atoms with E-state index in [1.165, 1.54) is 0 Å². The van der Waals surface area contributed by atoms with Gasteiger partial charge in [0.25, 0.3) is 0 Å². The van der Waals surface area contributed by atoms with Crippen LogP contribution in [0.5, 0.6) is 5.75 Å². The van der Waals surface area contributed by atoms with Crippen LogP contribution in [0.1, 0.15) is 24.9 Å². The Kier molecular flexibility index (Phi) is 5.51. The van der Waals surface area contributed by atoms with Gasteiger partial charge in [-0.1, -0.05) is 11.2 Å². The van der Waals surface area contributed by atoms with Crippen molar-refractivity contribution in [2.75, 3.05) is 6.61 Å². The van der Waals surface area contributed by atoms with Crippen LogP contribution in [0.3, 0.4) is 0 Å². The minimum atomic E-state index is -0.0946. The van der Waals surface area contributed by atoms with Gasteiger partial charge in [-0.2, -0.15) is 4.98 Å². The van der Waals surface area contributed by atoms with E-state index >= 15 is 0 Å². The molecule has 1 amide bonds. The van der Waals surface area contributed by atoms with Crippen LogP contribution in [0, 0.1) is 0 Å². The number of ether oxygens (including phenoxy) is 1. The standard InChI is InChI=1S/C21H21N5O3/c1-2-28-17-8-6-15(7-9-17)21-24-20(29-25-21)11-10-19(27)22-13-16-14-26-12-4-3-5-18(26)23-16/h3-9,12,14H,2,10-11,13H2,1H3,(H,22,27). The molecular weight excluding hydrogens is 370 g/mol. The highest BCUT2D eigenvalue weighted by Gasteiger charge is 2.11. The molecule has 8 heteroatoms. The number of hydrogen-bond donors (Lipinski definition) is 1. The molecule has 29 heavy (non-hydrogen) atoms. The second kappa shape index (κ2) is 8.55. The average molecular weight is 391 g/mol. The van der Waals surface area contributed by atoms with Crippen molar-refractivity contribution in [2.45, 2.75) is 26.3 Å². The predicted octanol–water partition coefficient (Wildman–Crippen LogP) is 3.03. The molecule has 0 unspecified atom stereocenters. The molecule has 4 aromatic rings. The van der Waals surface area contributed by atoms with Crippen LogP contribution in [-0.2, 0) is 17.8 Å². The van der Waals surface area contributed by atoms with Crippen molar-refractivity contribution < 1.29 is 14.1 Å². The molecule has 3 aromatic heterocycles. The molecule has 0 spiro atoms. The van der Waals surface area contributed by atoms with Gasteiger partial charge >= 0.3 is 0 Å². The molecule has 0 aliphatic heterocycles. The highest BCUT2D eigenvalue weighted by molar-refractivity contribution is 5.76. The van der Waals surface area contributed by atoms with Crippen LogP contribution in [0.2, 0.25) is 0 Å². The summed E-state index contributed by atoms with van der Waals surface area (Å²) in [5.74, 6) is 1.62. The first-order chi connectivity index (χ1) is 14.2. The van der Waals surface area contributed by atoms with E-state index in [-0.39, 0.29) is 12.3 Å². The highest BCUT2D eigenvalue weighted by atomic mass is 16.5. The van der Waals surface area contributed by atoms with Gasteiger partial charge in [0.1, 0.15) is 11.4 Å². The largest absolute Gasteiger partial charge is 0.494 e. The van der Waals surface area contributed by atoms with Gasteiger partial charge in [0.05, 0.1) is 18.8 Å². The van der Waals surface area contributed by atoms with E-state index < -0.39 is 0 Å². The molecule has 0 radical (unpaired) electrons. The first-order valence-electron chi connectivity index (χ1n) is 9.46. The molecular formula is C21H21N5O3. The molecule has 0 bridgehead atoms. The van der Waals surface area contributed by atoms with Gasteiger partial charge in [-0.3, -0.25) is 4.79 Å². The lowest BCUT2D eigenvalue weighted by Crippen LogP contribution is -2.23. The summed E-state index contributed by atoms with van der Waals surface area (Å²) in [5.41, 5.74) is 2.49. The fourth-order valence-corrected chi connectivity index (χ4v) is 2.91. The zero-order valence-corrected chi connectivity index (χ0v) is 16.0. The number of nitrogens with one attached hydrogen (secondary N) is 1. The van der Waals surface area contributed by atoms with E-state index in [0.29, 0.717) is 31.3 Å². The van der Waals surface area contributed by atoms with Gasteiger partial charge in [-0.25, -0.2) is 4.98 Å². The molecule has 0 fully saturated rings. The smallest absolute Gasteiger partial charge is 0.227 e. The van der Waals surface area contributed by atoms with E-state index in [4.69, 9.17) is 9.26 Å². The molecule has 148 valence electrons. The quantitative estimate of drug-likeness (QED) is 0.496. The number of amides is 1. The van der Waals surface area contributed by atoms with Crippen molar-refractivity contribution in [2.24, 2.45) is 0 Å². The van der Waals surface area contributed by atoms with Crippen molar-refractivity contribution in [3.63, 3.8) is 0 Å². The van der Waals surface area contributed by atoms with E-state index in [2.05, 4.69) is 20.4 Å². The summed E-state index contributed by atoms with van der Waals surface area (Å²) >= 11 is 0. The maximum atomic E-state index is 12.1. The van der Waals surface area contributed by atoms with E-state index in [0.717, 1.165) is 22.7 Å². The Bertz CT molecular complexity index is 1070. The van der Waals surface area contributed by atoms with Crippen LogP contribution in [0.15, 0.2) is 59.4 Å². The monoisotopic (exact) mass is 391 g/mol. The molecule has 8 nitrogen and oxygen atoms in total. The number of carbonyl (C=O) groups is 1. The van der Waals surface area contributed by atoms with E-state index in [1.54, 1.807) is 0 Å². The van der Waals surface area contributed by atoms with Gasteiger partial charge in [0.2, 0.25) is 17.6 Å². The third-order valence-electron chi connectivity index (χ3n) is 4.34. The van der Waals surface area contributed by atoms with Crippen molar-refractivity contribution in [3.8, 4) is 17.1 Å². The van der Waals surface area contributed by atoms with Gasteiger partial charge in [0.15, 0.2) is 0 Å². The third-order valence-corrected chi connectivity index (χ3v) is 4.34. The van der Waals surface area contributed by atoms with Crippen molar-refractivity contribution in [1.29, 1.82) is 0 Å². The summed E-state index contributed by atoms with van der Waals surface area (Å²) in [5, 5.41) is 6.85. The molecule has 0 aliphatic carbocycles. The SMILES string of the molecule is CCOc1ccc(-c2noc(CCC(=O)NCc3cn4ccccc4n3)n2)cc1. The van der Waals surface area contributed by atoms with Crippen LogP contribution < -0.4 is 10.1 Å². The Morgan fingerprint density at radius 2 is 2.03 bits per heavy atom. The normalized spacial score (nSPS) is 10.9. The summed E-state index contributed by atoms with van der Waals surface area (Å²) in [7, 11) is 0. The summed E-state index contributed by atoms with van der Waals surface area (Å²) in [6.45, 7) is 2.93. The van der Waals surface area contributed by atoms with Crippen LogP contribution in [0.4, 0.5) is 0 Å². The molecule has 0 aliphatic rings. The first kappa shape index (κ1) is 18.7. The van der Waals surface area contributed by atoms with Gasteiger partial charge in [0, 0.05) is 30.8 Å². The van der Waals surface area contributed by atoms with E-state index in [9.17, 15) is 4.79 Å². The Morgan fingerprint density at radius 3 is 2.83 bits per heavy atom. The number of pyridine rings is 1. The zero-order chi connectivity index (χ0) is 20.1. The van der Waals surface area contributed by atoms with Crippen LogP contribution in [0.25, 0.3) is 17.0 Å². The maximum Gasteiger partial charge on any atom is 0.227 e. The molecule has 0 saturated heterocycles. The lowest BCUT2D eigenvalue weighted by Gasteiger charge is -2.02. The minimum absolute atomic E-state index is 0.0946. The summed E-state index contributed by atoms with van der Waals surface area (Å²) in [4.78, 5) is 20.9. The van der Waals surface area contributed by atoms with Gasteiger partial charge < -0.3 is 19.0 Å². The topological polar surface area (TPSA) is 94.5 Å². The van der Waals surface area contributed by atoms with Crippen LogP contribution in [-0.4, -0.2) is 32.0 Å². The number of fused-ring (bicyclic) bond motifs is 1. The number of rotatable bonds is 8. The van der Waals surface area contributed by atoms with Crippen molar-refractivity contribution >= 4 is 11.6 Å². The molecule has 0 saturated carbocycles. The second-order valence-electron chi connectivity index (χ2n) is 6.44. The average Bonchev–Trinajstić information content (AvgIpc) is 3.38. The highest BCUT2D eigenvalue weighted by Crippen LogP contribution is 2.20. The third kappa shape index (κ3) is 4.60. The Hall–Kier alpha value is -3.68. The lowest BCUT2D eigenvalue weighted by atomic mass is 10.2. The van der Waals surface area contributed by atoms with Crippen LogP contribution >= 0.6 is 0 Å². The van der Waals surface area contributed by atoms with Gasteiger partial charge in [-0.05, 0) is 43.3 Å². The fourth-order valence-electron chi connectivity index (χ4n) is 2.91. The molecule has 1 N–H and O–H groups in total. The van der Waals surface area contributed by atoms with Crippen molar-refractivity contribution in [1.82, 2.24) is 24.8 Å². The predicted molar refractivity (Wildman–Crippen MR) is 106 cm³/mol. The molecule has 3 heterocycles. The lowest BCUT2D eigenvalue weighted by molar-refractivity contribution is -0.121. The maximum absolute atomic E-state index is 12.1. The number of aryl methyl sites for hydroxylation is 1. The fraction of sp³-hybridized carbons (Fsp3) is 0.238. The summed E-state index contributed by atoms with van der Waals surface area (Å²) in [6.07, 6.45) is 4.46. The molecule has 0 atom stereocenters. The second-order valence-corrected chi connectivity index (χ2v) is 6.44. The number of benzene rings is 1. The Balaban J connectivity index is 1.28. The zero-order valence-electron chi connectivity index (χ0n) is 16.0. The number of nitrogens with zero attached hydrogens (tertiary/aromatic N) is 4. The van der Waals surface area contributed by atoms with Crippen molar-refractivity contribution in [3.05, 3.63) is 66.4 Å². The number of hydrogen-bond acceptors (Lipinski definition) is 6. The first-order valence-corrected chi connectivity index (χ1v) is 9.46. The van der Waals surface area contributed by atoms with E-state index in [1.807, 2.05) is 66.2 Å². The molecule has 4 rings (SSSR count). The number of aromatic nitrogens is 4. The number of carbonyl (C=O) groups excluding carboxylic acids is 1. The number of imidazole rings is 1. The van der Waals surface area contributed by atoms with Gasteiger partial charge in [-0.15, -0.1) is 0 Å².